The monoisotopic (exact) mass is 231 g/mol. The SMILES string of the molecule is Cc1ccc(C(C)C)cc1C(=O)C1CCCN1. The highest BCUT2D eigenvalue weighted by molar-refractivity contribution is 6.01. The molecule has 2 nitrogen and oxygen atoms in total. The van der Waals surface area contributed by atoms with Crippen LogP contribution in [0.5, 0.6) is 0 Å². The Bertz CT molecular complexity index is 417. The van der Waals surface area contributed by atoms with Gasteiger partial charge < -0.3 is 5.32 Å². The van der Waals surface area contributed by atoms with E-state index in [1.165, 1.54) is 5.56 Å². The van der Waals surface area contributed by atoms with E-state index in [1.54, 1.807) is 0 Å². The lowest BCUT2D eigenvalue weighted by Crippen LogP contribution is -2.31. The van der Waals surface area contributed by atoms with Gasteiger partial charge in [-0.3, -0.25) is 4.79 Å². The molecule has 0 bridgehead atoms. The minimum atomic E-state index is 0.0381. The molecule has 1 aromatic rings. The van der Waals surface area contributed by atoms with Crippen molar-refractivity contribution in [1.29, 1.82) is 0 Å². The van der Waals surface area contributed by atoms with E-state index in [1.807, 2.05) is 6.92 Å². The van der Waals surface area contributed by atoms with Crippen molar-refractivity contribution in [3.63, 3.8) is 0 Å². The van der Waals surface area contributed by atoms with E-state index < -0.39 is 0 Å². The van der Waals surface area contributed by atoms with Crippen molar-refractivity contribution in [2.45, 2.75) is 45.6 Å². The Morgan fingerprint density at radius 2 is 2.18 bits per heavy atom. The normalized spacial score (nSPS) is 19.9. The van der Waals surface area contributed by atoms with E-state index in [4.69, 9.17) is 0 Å². The number of carbonyl (C=O) groups is 1. The summed E-state index contributed by atoms with van der Waals surface area (Å²) in [6.07, 6.45) is 2.09. The van der Waals surface area contributed by atoms with Crippen LogP contribution in [0.15, 0.2) is 18.2 Å². The third-order valence-electron chi connectivity index (χ3n) is 3.57. The molecule has 2 heteroatoms. The Balaban J connectivity index is 2.29. The van der Waals surface area contributed by atoms with Crippen molar-refractivity contribution in [2.24, 2.45) is 0 Å². The Morgan fingerprint density at radius 1 is 1.41 bits per heavy atom. The molecule has 1 fully saturated rings. The van der Waals surface area contributed by atoms with Crippen LogP contribution in [0.25, 0.3) is 0 Å². The second-order valence-corrected chi connectivity index (χ2v) is 5.24. The number of carbonyl (C=O) groups excluding carboxylic acids is 1. The zero-order chi connectivity index (χ0) is 12.4. The van der Waals surface area contributed by atoms with Crippen LogP contribution >= 0.6 is 0 Å². The van der Waals surface area contributed by atoms with Crippen LogP contribution < -0.4 is 5.32 Å². The number of nitrogens with one attached hydrogen (secondary N) is 1. The lowest BCUT2D eigenvalue weighted by atomic mass is 9.93. The lowest BCUT2D eigenvalue weighted by molar-refractivity contribution is 0.0951. The molecule has 1 atom stereocenters. The van der Waals surface area contributed by atoms with Crippen LogP contribution in [0.3, 0.4) is 0 Å². The molecule has 1 unspecified atom stereocenters. The van der Waals surface area contributed by atoms with E-state index in [-0.39, 0.29) is 11.8 Å². The molecule has 92 valence electrons. The van der Waals surface area contributed by atoms with Crippen LogP contribution in [0.2, 0.25) is 0 Å². The number of hydrogen-bond donors (Lipinski definition) is 1. The second kappa shape index (κ2) is 5.01. The Kier molecular flexibility index (Phi) is 3.63. The molecule has 1 aromatic carbocycles. The van der Waals surface area contributed by atoms with E-state index in [9.17, 15) is 4.79 Å². The summed E-state index contributed by atoms with van der Waals surface area (Å²) in [6, 6.07) is 6.30. The standard InChI is InChI=1S/C15H21NO/c1-10(2)12-7-6-11(3)13(9-12)15(17)14-5-4-8-16-14/h6-7,9-10,14,16H,4-5,8H2,1-3H3. The summed E-state index contributed by atoms with van der Waals surface area (Å²) in [5.74, 6) is 0.737. The van der Waals surface area contributed by atoms with Gasteiger partial charge in [0.1, 0.15) is 0 Å². The van der Waals surface area contributed by atoms with Crippen LogP contribution in [0.4, 0.5) is 0 Å². The van der Waals surface area contributed by atoms with Gasteiger partial charge in [0.15, 0.2) is 5.78 Å². The maximum absolute atomic E-state index is 12.4. The van der Waals surface area contributed by atoms with E-state index in [0.717, 1.165) is 30.5 Å². The largest absolute Gasteiger partial charge is 0.307 e. The first-order valence-electron chi connectivity index (χ1n) is 6.47. The van der Waals surface area contributed by atoms with Gasteiger partial charge in [0.2, 0.25) is 0 Å². The molecule has 17 heavy (non-hydrogen) atoms. The number of ketones is 1. The molecule has 1 aliphatic rings. The first-order chi connectivity index (χ1) is 8.09. The average Bonchev–Trinajstić information content (AvgIpc) is 2.81. The minimum Gasteiger partial charge on any atom is -0.307 e. The summed E-state index contributed by atoms with van der Waals surface area (Å²) in [4.78, 5) is 12.4. The van der Waals surface area contributed by atoms with E-state index in [0.29, 0.717) is 5.92 Å². The van der Waals surface area contributed by atoms with Crippen molar-refractivity contribution >= 4 is 5.78 Å². The summed E-state index contributed by atoms with van der Waals surface area (Å²) in [5, 5.41) is 3.28. The third-order valence-corrected chi connectivity index (χ3v) is 3.57. The molecule has 1 heterocycles. The van der Waals surface area contributed by atoms with Gasteiger partial charge in [0, 0.05) is 5.56 Å². The van der Waals surface area contributed by atoms with Crippen LogP contribution in [-0.2, 0) is 0 Å². The van der Waals surface area contributed by atoms with Crippen LogP contribution in [0, 0.1) is 6.92 Å². The maximum Gasteiger partial charge on any atom is 0.180 e. The topological polar surface area (TPSA) is 29.1 Å². The van der Waals surface area contributed by atoms with E-state index >= 15 is 0 Å². The summed E-state index contributed by atoms with van der Waals surface area (Å²) >= 11 is 0. The average molecular weight is 231 g/mol. The van der Waals surface area contributed by atoms with Crippen LogP contribution in [0.1, 0.15) is 54.1 Å². The molecule has 0 amide bonds. The van der Waals surface area contributed by atoms with Gasteiger partial charge in [-0.05, 0) is 49.4 Å². The van der Waals surface area contributed by atoms with Gasteiger partial charge >= 0.3 is 0 Å². The Hall–Kier alpha value is -1.15. The molecule has 2 rings (SSSR count). The summed E-state index contributed by atoms with van der Waals surface area (Å²) < 4.78 is 0. The fraction of sp³-hybridized carbons (Fsp3) is 0.533. The van der Waals surface area contributed by atoms with Crippen molar-refractivity contribution in [2.75, 3.05) is 6.54 Å². The zero-order valence-corrected chi connectivity index (χ0v) is 10.9. The highest BCUT2D eigenvalue weighted by Gasteiger charge is 2.24. The van der Waals surface area contributed by atoms with Gasteiger partial charge in [-0.25, -0.2) is 0 Å². The predicted octanol–water partition coefficient (Wildman–Crippen LogP) is 3.05. The zero-order valence-electron chi connectivity index (χ0n) is 10.9. The molecule has 1 N–H and O–H groups in total. The fourth-order valence-corrected chi connectivity index (χ4v) is 2.36. The van der Waals surface area contributed by atoms with E-state index in [2.05, 4.69) is 37.4 Å². The molecule has 0 saturated carbocycles. The minimum absolute atomic E-state index is 0.0381. The summed E-state index contributed by atoms with van der Waals surface area (Å²) in [5.41, 5.74) is 3.24. The third kappa shape index (κ3) is 2.58. The maximum atomic E-state index is 12.4. The molecule has 0 aliphatic carbocycles. The predicted molar refractivity (Wildman–Crippen MR) is 70.6 cm³/mol. The number of benzene rings is 1. The van der Waals surface area contributed by atoms with Crippen molar-refractivity contribution < 1.29 is 4.79 Å². The second-order valence-electron chi connectivity index (χ2n) is 5.24. The smallest absolute Gasteiger partial charge is 0.180 e. The molecule has 0 radical (unpaired) electrons. The number of Topliss-reactive ketones (excluding diaryl/α,β-unsaturated/α-hetero) is 1. The highest BCUT2D eigenvalue weighted by Crippen LogP contribution is 2.21. The van der Waals surface area contributed by atoms with Crippen molar-refractivity contribution in [1.82, 2.24) is 5.32 Å². The number of hydrogen-bond acceptors (Lipinski definition) is 2. The summed E-state index contributed by atoms with van der Waals surface area (Å²) in [7, 11) is 0. The van der Waals surface area contributed by atoms with Gasteiger partial charge in [-0.2, -0.15) is 0 Å². The first kappa shape index (κ1) is 12.3. The molecular formula is C15H21NO. The lowest BCUT2D eigenvalue weighted by Gasteiger charge is -2.14. The molecule has 1 aliphatic heterocycles. The summed E-state index contributed by atoms with van der Waals surface area (Å²) in [6.45, 7) is 7.31. The molecule has 0 aromatic heterocycles. The number of aryl methyl sites for hydroxylation is 1. The van der Waals surface area contributed by atoms with Crippen molar-refractivity contribution in [3.8, 4) is 0 Å². The number of rotatable bonds is 3. The van der Waals surface area contributed by atoms with Gasteiger partial charge in [0.25, 0.3) is 0 Å². The highest BCUT2D eigenvalue weighted by atomic mass is 16.1. The quantitative estimate of drug-likeness (QED) is 0.810. The van der Waals surface area contributed by atoms with Crippen LogP contribution in [-0.4, -0.2) is 18.4 Å². The van der Waals surface area contributed by atoms with Crippen molar-refractivity contribution in [3.05, 3.63) is 34.9 Å². The fourth-order valence-electron chi connectivity index (χ4n) is 2.36. The molecular weight excluding hydrogens is 210 g/mol. The van der Waals surface area contributed by atoms with Gasteiger partial charge in [-0.1, -0.05) is 26.0 Å². The molecule has 1 saturated heterocycles. The Morgan fingerprint density at radius 3 is 2.76 bits per heavy atom. The van der Waals surface area contributed by atoms with Gasteiger partial charge in [-0.15, -0.1) is 0 Å². The molecule has 0 spiro atoms. The first-order valence-corrected chi connectivity index (χ1v) is 6.47. The van der Waals surface area contributed by atoms with Gasteiger partial charge in [0.05, 0.1) is 6.04 Å². The Labute approximate surface area is 103 Å².